The van der Waals surface area contributed by atoms with Gasteiger partial charge in [0.25, 0.3) is 0 Å². The molecule has 0 aliphatic heterocycles. The van der Waals surface area contributed by atoms with Crippen molar-refractivity contribution in [2.24, 2.45) is 5.73 Å². The Balaban J connectivity index is 3.88. The number of nitrogens with one attached hydrogen (secondary N) is 2. The Labute approximate surface area is 92.3 Å². The average molecular weight is 213 g/mol. The molecule has 0 aromatic heterocycles. The van der Waals surface area contributed by atoms with Crippen molar-refractivity contribution in [3.63, 3.8) is 0 Å². The lowest BCUT2D eigenvalue weighted by Crippen LogP contribution is -2.45. The highest BCUT2D eigenvalue weighted by molar-refractivity contribution is 5.75. The molecule has 0 rings (SSSR count). The molecule has 4 nitrogen and oxygen atoms in total. The highest BCUT2D eigenvalue weighted by atomic mass is 16.1. The number of carbonyl (C=O) groups excluding carboxylic acids is 1. The van der Waals surface area contributed by atoms with Gasteiger partial charge in [0.05, 0.1) is 6.04 Å². The summed E-state index contributed by atoms with van der Waals surface area (Å²) in [6.07, 6.45) is 0.526. The predicted octanol–water partition coefficient (Wildman–Crippen LogP) is 0.394. The van der Waals surface area contributed by atoms with Crippen molar-refractivity contribution in [1.82, 2.24) is 10.6 Å². The van der Waals surface area contributed by atoms with Crippen LogP contribution >= 0.6 is 0 Å². The quantitative estimate of drug-likeness (QED) is 0.546. The fourth-order valence-electron chi connectivity index (χ4n) is 1.24. The zero-order chi connectivity index (χ0) is 11.8. The first-order chi connectivity index (χ1) is 6.97. The molecular weight excluding hydrogens is 190 g/mol. The Morgan fingerprint density at radius 3 is 2.47 bits per heavy atom. The van der Waals surface area contributed by atoms with Crippen LogP contribution in [0.1, 0.15) is 27.2 Å². The number of carbonyl (C=O) groups is 1. The number of Topliss-reactive ketones (excluding diaryl/α,β-unsaturated/α-hetero) is 1. The topological polar surface area (TPSA) is 67.2 Å². The number of hydrogen-bond donors (Lipinski definition) is 3. The Bertz CT molecular complexity index is 214. The highest BCUT2D eigenvalue weighted by Crippen LogP contribution is 1.96. The Hall–Kier alpha value is -0.870. The lowest BCUT2D eigenvalue weighted by molar-refractivity contribution is -0.116. The van der Waals surface area contributed by atoms with E-state index >= 15 is 0 Å². The van der Waals surface area contributed by atoms with Gasteiger partial charge in [-0.05, 0) is 6.92 Å². The van der Waals surface area contributed by atoms with Crippen molar-refractivity contribution in [1.29, 1.82) is 0 Å². The van der Waals surface area contributed by atoms with Gasteiger partial charge < -0.3 is 16.4 Å². The van der Waals surface area contributed by atoms with E-state index in [1.165, 1.54) is 0 Å². The maximum Gasteiger partial charge on any atom is 0.131 e. The molecule has 0 aromatic carbocycles. The zero-order valence-electron chi connectivity index (χ0n) is 9.97. The van der Waals surface area contributed by atoms with Crippen molar-refractivity contribution in [3.05, 3.63) is 12.3 Å². The summed E-state index contributed by atoms with van der Waals surface area (Å²) in [5.74, 6) is 0.177. The number of nitrogens with two attached hydrogens (primary N) is 1. The van der Waals surface area contributed by atoms with Crippen LogP contribution in [0.2, 0.25) is 0 Å². The van der Waals surface area contributed by atoms with Crippen molar-refractivity contribution < 1.29 is 4.79 Å². The van der Waals surface area contributed by atoms with Crippen LogP contribution in [-0.2, 0) is 4.79 Å². The third-order valence-electron chi connectivity index (χ3n) is 2.02. The molecule has 0 saturated heterocycles. The summed E-state index contributed by atoms with van der Waals surface area (Å²) in [4.78, 5) is 10.7. The van der Waals surface area contributed by atoms with Crippen LogP contribution in [-0.4, -0.2) is 31.0 Å². The van der Waals surface area contributed by atoms with Crippen molar-refractivity contribution in [2.45, 2.75) is 39.3 Å². The molecule has 0 saturated carbocycles. The van der Waals surface area contributed by atoms with Gasteiger partial charge in [-0.15, -0.1) is 0 Å². The molecule has 0 aromatic rings. The zero-order valence-corrected chi connectivity index (χ0v) is 9.97. The molecule has 0 radical (unpaired) electrons. The van der Waals surface area contributed by atoms with Crippen LogP contribution in [0.15, 0.2) is 12.3 Å². The largest absolute Gasteiger partial charge is 0.387 e. The van der Waals surface area contributed by atoms with Gasteiger partial charge in [0.1, 0.15) is 5.78 Å². The van der Waals surface area contributed by atoms with Gasteiger partial charge in [-0.2, -0.15) is 0 Å². The molecule has 1 unspecified atom stereocenters. The third kappa shape index (κ3) is 7.11. The lowest BCUT2D eigenvalue weighted by Gasteiger charge is -2.22. The fourth-order valence-corrected chi connectivity index (χ4v) is 1.24. The molecular formula is C11H23N3O. The minimum absolute atomic E-state index is 0.0666. The van der Waals surface area contributed by atoms with E-state index in [2.05, 4.69) is 31.1 Å². The summed E-state index contributed by atoms with van der Waals surface area (Å²) in [5.41, 5.74) is 6.48. The minimum atomic E-state index is 0.0666. The first-order valence-electron chi connectivity index (χ1n) is 5.35. The molecule has 0 aliphatic carbocycles. The van der Waals surface area contributed by atoms with Crippen LogP contribution in [0.3, 0.4) is 0 Å². The summed E-state index contributed by atoms with van der Waals surface area (Å²) in [7, 11) is 0. The number of ketones is 1. The third-order valence-corrected chi connectivity index (χ3v) is 2.02. The molecule has 4 N–H and O–H groups in total. The summed E-state index contributed by atoms with van der Waals surface area (Å²) >= 11 is 0. The first kappa shape index (κ1) is 14.1. The van der Waals surface area contributed by atoms with E-state index in [9.17, 15) is 4.79 Å². The summed E-state index contributed by atoms with van der Waals surface area (Å²) in [6, 6.07) is 0.432. The standard InChI is InChI=1S/C11H23N3O/c1-8(2)14-11(7-12)10(4)13-6-5-9(3)15/h8,11,13-14H,4-7,12H2,1-3H3. The second-order valence-electron chi connectivity index (χ2n) is 4.01. The van der Waals surface area contributed by atoms with Crippen molar-refractivity contribution in [3.8, 4) is 0 Å². The molecule has 15 heavy (non-hydrogen) atoms. The van der Waals surface area contributed by atoms with E-state index in [1.54, 1.807) is 6.92 Å². The molecule has 0 bridgehead atoms. The van der Waals surface area contributed by atoms with E-state index in [4.69, 9.17) is 5.73 Å². The van der Waals surface area contributed by atoms with Crippen molar-refractivity contribution in [2.75, 3.05) is 13.1 Å². The fraction of sp³-hybridized carbons (Fsp3) is 0.727. The normalized spacial score (nSPS) is 12.6. The second kappa shape index (κ2) is 7.43. The molecule has 1 atom stereocenters. The first-order valence-corrected chi connectivity index (χ1v) is 5.35. The molecule has 4 heteroatoms. The molecule has 0 heterocycles. The van der Waals surface area contributed by atoms with Crippen LogP contribution in [0.4, 0.5) is 0 Å². The smallest absolute Gasteiger partial charge is 0.131 e. The van der Waals surface area contributed by atoms with Gasteiger partial charge >= 0.3 is 0 Å². The van der Waals surface area contributed by atoms with Crippen LogP contribution in [0.5, 0.6) is 0 Å². The highest BCUT2D eigenvalue weighted by Gasteiger charge is 2.10. The Morgan fingerprint density at radius 1 is 1.47 bits per heavy atom. The lowest BCUT2D eigenvalue weighted by atomic mass is 10.2. The summed E-state index contributed by atoms with van der Waals surface area (Å²) < 4.78 is 0. The summed E-state index contributed by atoms with van der Waals surface area (Å²) in [5, 5.41) is 6.41. The number of rotatable bonds is 8. The Morgan fingerprint density at radius 2 is 2.07 bits per heavy atom. The van der Waals surface area contributed by atoms with Gasteiger partial charge in [0, 0.05) is 31.2 Å². The van der Waals surface area contributed by atoms with Gasteiger partial charge in [-0.25, -0.2) is 0 Å². The maximum absolute atomic E-state index is 10.7. The van der Waals surface area contributed by atoms with E-state index in [1.807, 2.05) is 0 Å². The molecule has 0 aliphatic rings. The molecule has 0 spiro atoms. The molecule has 0 amide bonds. The second-order valence-corrected chi connectivity index (χ2v) is 4.01. The SMILES string of the molecule is C=C(NCCC(C)=O)C(CN)NC(C)C. The van der Waals surface area contributed by atoms with Crippen LogP contribution in [0, 0.1) is 0 Å². The Kier molecular flexibility index (Phi) is 6.99. The maximum atomic E-state index is 10.7. The van der Waals surface area contributed by atoms with Crippen molar-refractivity contribution >= 4 is 5.78 Å². The average Bonchev–Trinajstić information content (AvgIpc) is 2.13. The summed E-state index contributed by atoms with van der Waals surface area (Å²) in [6.45, 7) is 10.7. The minimum Gasteiger partial charge on any atom is -0.387 e. The van der Waals surface area contributed by atoms with Gasteiger partial charge in [-0.3, -0.25) is 4.79 Å². The number of hydrogen-bond acceptors (Lipinski definition) is 4. The van der Waals surface area contributed by atoms with E-state index < -0.39 is 0 Å². The monoisotopic (exact) mass is 213 g/mol. The molecule has 0 fully saturated rings. The van der Waals surface area contributed by atoms with E-state index in [0.717, 1.165) is 5.70 Å². The predicted molar refractivity (Wildman–Crippen MR) is 63.6 cm³/mol. The molecule has 88 valence electrons. The van der Waals surface area contributed by atoms with E-state index in [0.29, 0.717) is 25.6 Å². The van der Waals surface area contributed by atoms with Crippen LogP contribution in [0.25, 0.3) is 0 Å². The van der Waals surface area contributed by atoms with Gasteiger partial charge in [-0.1, -0.05) is 20.4 Å². The van der Waals surface area contributed by atoms with Crippen LogP contribution < -0.4 is 16.4 Å². The van der Waals surface area contributed by atoms with E-state index in [-0.39, 0.29) is 11.8 Å². The van der Waals surface area contributed by atoms with Gasteiger partial charge in [0.2, 0.25) is 0 Å². The van der Waals surface area contributed by atoms with Gasteiger partial charge in [0.15, 0.2) is 0 Å².